The fourth-order valence-electron chi connectivity index (χ4n) is 2.12. The lowest BCUT2D eigenvalue weighted by Gasteiger charge is -2.30. The van der Waals surface area contributed by atoms with E-state index in [2.05, 4.69) is 5.32 Å². The molecule has 1 aliphatic rings. The van der Waals surface area contributed by atoms with Crippen LogP contribution in [0.15, 0.2) is 18.2 Å². The second-order valence-electron chi connectivity index (χ2n) is 4.37. The van der Waals surface area contributed by atoms with E-state index in [-0.39, 0.29) is 5.82 Å². The standard InChI is InChI=1S/C13H19FN2O/c1-2-13(17)10-3-4-11(14)12(9-10)16-7-5-15-6-8-16/h3-4,9,13,15,17H,2,5-8H2,1H3/t13-/m0/s1. The third kappa shape index (κ3) is 2.76. The maximum Gasteiger partial charge on any atom is 0.146 e. The molecule has 3 nitrogen and oxygen atoms in total. The molecule has 0 bridgehead atoms. The summed E-state index contributed by atoms with van der Waals surface area (Å²) in [5, 5.41) is 13.0. The molecule has 0 amide bonds. The van der Waals surface area contributed by atoms with Crippen LogP contribution in [0.5, 0.6) is 0 Å². The number of anilines is 1. The van der Waals surface area contributed by atoms with Crippen molar-refractivity contribution in [2.45, 2.75) is 19.4 Å². The van der Waals surface area contributed by atoms with Gasteiger partial charge in [-0.3, -0.25) is 0 Å². The van der Waals surface area contributed by atoms with Crippen molar-refractivity contribution in [1.82, 2.24) is 5.32 Å². The van der Waals surface area contributed by atoms with Gasteiger partial charge in [0.2, 0.25) is 0 Å². The SMILES string of the molecule is CC[C@H](O)c1ccc(F)c(N2CCNCC2)c1. The van der Waals surface area contributed by atoms with E-state index in [0.29, 0.717) is 12.1 Å². The van der Waals surface area contributed by atoms with Gasteiger partial charge in [-0.05, 0) is 24.1 Å². The Balaban J connectivity index is 2.25. The Labute approximate surface area is 101 Å². The van der Waals surface area contributed by atoms with Gasteiger partial charge in [0.1, 0.15) is 5.82 Å². The molecule has 0 aliphatic carbocycles. The third-order valence-electron chi connectivity index (χ3n) is 3.20. The van der Waals surface area contributed by atoms with Crippen LogP contribution in [0.4, 0.5) is 10.1 Å². The van der Waals surface area contributed by atoms with Crippen molar-refractivity contribution < 1.29 is 9.50 Å². The summed E-state index contributed by atoms with van der Waals surface area (Å²) in [6.45, 7) is 5.28. The van der Waals surface area contributed by atoms with Gasteiger partial charge in [0.25, 0.3) is 0 Å². The highest BCUT2D eigenvalue weighted by molar-refractivity contribution is 5.51. The second-order valence-corrected chi connectivity index (χ2v) is 4.37. The van der Waals surface area contributed by atoms with Crippen LogP contribution in [0.1, 0.15) is 25.0 Å². The number of aliphatic hydroxyl groups excluding tert-OH is 1. The Hall–Kier alpha value is -1.13. The Morgan fingerprint density at radius 1 is 1.41 bits per heavy atom. The van der Waals surface area contributed by atoms with Gasteiger partial charge in [-0.1, -0.05) is 13.0 Å². The number of rotatable bonds is 3. The Morgan fingerprint density at radius 2 is 2.12 bits per heavy atom. The predicted molar refractivity (Wildman–Crippen MR) is 66.7 cm³/mol. The van der Waals surface area contributed by atoms with E-state index < -0.39 is 6.10 Å². The molecule has 1 atom stereocenters. The molecule has 1 fully saturated rings. The molecule has 1 aromatic rings. The molecular weight excluding hydrogens is 219 g/mol. The van der Waals surface area contributed by atoms with E-state index in [1.807, 2.05) is 11.8 Å². The molecule has 4 heteroatoms. The number of benzene rings is 1. The van der Waals surface area contributed by atoms with Gasteiger partial charge in [-0.15, -0.1) is 0 Å². The summed E-state index contributed by atoms with van der Waals surface area (Å²) in [7, 11) is 0. The zero-order valence-corrected chi connectivity index (χ0v) is 10.1. The topological polar surface area (TPSA) is 35.5 Å². The summed E-state index contributed by atoms with van der Waals surface area (Å²) in [6, 6.07) is 4.88. The fourth-order valence-corrected chi connectivity index (χ4v) is 2.12. The molecule has 2 rings (SSSR count). The van der Waals surface area contributed by atoms with E-state index in [4.69, 9.17) is 0 Å². The first-order valence-electron chi connectivity index (χ1n) is 6.15. The molecule has 0 aromatic heterocycles. The Bertz CT molecular complexity index is 378. The molecule has 0 saturated carbocycles. The van der Waals surface area contributed by atoms with Crippen molar-refractivity contribution in [1.29, 1.82) is 0 Å². The first-order valence-corrected chi connectivity index (χ1v) is 6.15. The van der Waals surface area contributed by atoms with Gasteiger partial charge in [0.15, 0.2) is 0 Å². The summed E-state index contributed by atoms with van der Waals surface area (Å²) in [5.41, 5.74) is 1.40. The van der Waals surface area contributed by atoms with Crippen LogP contribution < -0.4 is 10.2 Å². The molecule has 1 aromatic carbocycles. The van der Waals surface area contributed by atoms with E-state index in [0.717, 1.165) is 31.7 Å². The summed E-state index contributed by atoms with van der Waals surface area (Å²) in [4.78, 5) is 2.03. The minimum absolute atomic E-state index is 0.209. The minimum atomic E-state index is -0.503. The number of hydrogen-bond acceptors (Lipinski definition) is 3. The summed E-state index contributed by atoms with van der Waals surface area (Å²) < 4.78 is 13.8. The number of nitrogens with zero attached hydrogens (tertiary/aromatic N) is 1. The third-order valence-corrected chi connectivity index (χ3v) is 3.20. The van der Waals surface area contributed by atoms with Crippen LogP contribution in [0.25, 0.3) is 0 Å². The number of piperazine rings is 1. The van der Waals surface area contributed by atoms with Crippen LogP contribution in [0.2, 0.25) is 0 Å². The van der Waals surface area contributed by atoms with Crippen molar-refractivity contribution in [2.75, 3.05) is 31.1 Å². The molecule has 0 radical (unpaired) electrons. The highest BCUT2D eigenvalue weighted by Gasteiger charge is 2.16. The van der Waals surface area contributed by atoms with Crippen LogP contribution in [-0.2, 0) is 0 Å². The number of aliphatic hydroxyl groups is 1. The smallest absolute Gasteiger partial charge is 0.146 e. The van der Waals surface area contributed by atoms with Crippen molar-refractivity contribution in [3.63, 3.8) is 0 Å². The maximum atomic E-state index is 13.8. The lowest BCUT2D eigenvalue weighted by molar-refractivity contribution is 0.173. The lowest BCUT2D eigenvalue weighted by atomic mass is 10.1. The quantitative estimate of drug-likeness (QED) is 0.841. The fraction of sp³-hybridized carbons (Fsp3) is 0.538. The van der Waals surface area contributed by atoms with Gasteiger partial charge in [0.05, 0.1) is 11.8 Å². The first-order chi connectivity index (χ1) is 8.22. The molecule has 0 spiro atoms. The minimum Gasteiger partial charge on any atom is -0.388 e. The van der Waals surface area contributed by atoms with Gasteiger partial charge < -0.3 is 15.3 Å². The van der Waals surface area contributed by atoms with Gasteiger partial charge in [-0.25, -0.2) is 4.39 Å². The number of nitrogens with one attached hydrogen (secondary N) is 1. The monoisotopic (exact) mass is 238 g/mol. The zero-order valence-electron chi connectivity index (χ0n) is 10.1. The summed E-state index contributed by atoms with van der Waals surface area (Å²) >= 11 is 0. The van der Waals surface area contributed by atoms with Gasteiger partial charge >= 0.3 is 0 Å². The number of halogens is 1. The molecule has 1 heterocycles. The molecule has 1 saturated heterocycles. The van der Waals surface area contributed by atoms with E-state index in [1.54, 1.807) is 12.1 Å². The van der Waals surface area contributed by atoms with Crippen LogP contribution in [0, 0.1) is 5.82 Å². The Morgan fingerprint density at radius 3 is 2.76 bits per heavy atom. The molecule has 94 valence electrons. The van der Waals surface area contributed by atoms with E-state index in [1.165, 1.54) is 6.07 Å². The molecule has 1 aliphatic heterocycles. The van der Waals surface area contributed by atoms with Crippen molar-refractivity contribution in [3.8, 4) is 0 Å². The summed E-state index contributed by atoms with van der Waals surface area (Å²) in [5.74, 6) is -0.209. The predicted octanol–water partition coefficient (Wildman–Crippen LogP) is 1.68. The highest BCUT2D eigenvalue weighted by atomic mass is 19.1. The number of hydrogen-bond donors (Lipinski definition) is 2. The van der Waals surface area contributed by atoms with E-state index >= 15 is 0 Å². The maximum absolute atomic E-state index is 13.8. The van der Waals surface area contributed by atoms with Crippen LogP contribution in [-0.4, -0.2) is 31.3 Å². The summed E-state index contributed by atoms with van der Waals surface area (Å²) in [6.07, 6.45) is 0.143. The largest absolute Gasteiger partial charge is 0.388 e. The highest BCUT2D eigenvalue weighted by Crippen LogP contribution is 2.25. The second kappa shape index (κ2) is 5.47. The van der Waals surface area contributed by atoms with Crippen LogP contribution >= 0.6 is 0 Å². The zero-order chi connectivity index (χ0) is 12.3. The normalized spacial score (nSPS) is 18.2. The molecule has 2 N–H and O–H groups in total. The lowest BCUT2D eigenvalue weighted by Crippen LogP contribution is -2.43. The van der Waals surface area contributed by atoms with Crippen molar-refractivity contribution >= 4 is 5.69 Å². The van der Waals surface area contributed by atoms with Crippen molar-refractivity contribution in [2.24, 2.45) is 0 Å². The van der Waals surface area contributed by atoms with Crippen LogP contribution in [0.3, 0.4) is 0 Å². The first kappa shape index (κ1) is 12.3. The van der Waals surface area contributed by atoms with Crippen molar-refractivity contribution in [3.05, 3.63) is 29.6 Å². The van der Waals surface area contributed by atoms with Gasteiger partial charge in [-0.2, -0.15) is 0 Å². The molecule has 17 heavy (non-hydrogen) atoms. The van der Waals surface area contributed by atoms with E-state index in [9.17, 15) is 9.50 Å². The average molecular weight is 238 g/mol. The molecule has 0 unspecified atom stereocenters. The average Bonchev–Trinajstić information content (AvgIpc) is 2.39. The Kier molecular flexibility index (Phi) is 3.97. The molecular formula is C13H19FN2O. The van der Waals surface area contributed by atoms with Gasteiger partial charge in [0, 0.05) is 26.2 Å².